The van der Waals surface area contributed by atoms with Gasteiger partial charge in [0, 0.05) is 18.3 Å². The first-order valence-electron chi connectivity index (χ1n) is 5.55. The Labute approximate surface area is 106 Å². The predicted octanol–water partition coefficient (Wildman–Crippen LogP) is 2.83. The van der Waals surface area contributed by atoms with Gasteiger partial charge in [-0.15, -0.1) is 0 Å². The Morgan fingerprint density at radius 2 is 1.67 bits per heavy atom. The predicted molar refractivity (Wildman–Crippen MR) is 70.3 cm³/mol. The maximum absolute atomic E-state index is 12.2. The van der Waals surface area contributed by atoms with E-state index in [9.17, 15) is 4.79 Å². The van der Waals surface area contributed by atoms with Crippen molar-refractivity contribution in [1.29, 1.82) is 5.26 Å². The Balaban J connectivity index is 2.23. The molecule has 0 bridgehead atoms. The van der Waals surface area contributed by atoms with Crippen LogP contribution in [-0.2, 0) is 0 Å². The zero-order chi connectivity index (χ0) is 13.0. The van der Waals surface area contributed by atoms with E-state index < -0.39 is 0 Å². The fourth-order valence-corrected chi connectivity index (χ4v) is 1.65. The fourth-order valence-electron chi connectivity index (χ4n) is 1.65. The lowest BCUT2D eigenvalue weighted by Gasteiger charge is -2.17. The van der Waals surface area contributed by atoms with Crippen molar-refractivity contribution in [3.05, 3.63) is 65.7 Å². The number of amides is 1. The summed E-state index contributed by atoms with van der Waals surface area (Å²) in [5.41, 5.74) is 1.96. The van der Waals surface area contributed by atoms with Gasteiger partial charge < -0.3 is 4.90 Å². The summed E-state index contributed by atoms with van der Waals surface area (Å²) in [6, 6.07) is 18.1. The molecular formula is C15H12N2O. The van der Waals surface area contributed by atoms with Crippen molar-refractivity contribution in [2.45, 2.75) is 0 Å². The van der Waals surface area contributed by atoms with Crippen molar-refractivity contribution in [3.63, 3.8) is 0 Å². The highest BCUT2D eigenvalue weighted by atomic mass is 16.2. The molecule has 88 valence electrons. The van der Waals surface area contributed by atoms with Crippen LogP contribution in [-0.4, -0.2) is 13.0 Å². The van der Waals surface area contributed by atoms with Gasteiger partial charge >= 0.3 is 0 Å². The lowest BCUT2D eigenvalue weighted by atomic mass is 10.1. The van der Waals surface area contributed by atoms with Crippen LogP contribution in [0.3, 0.4) is 0 Å². The van der Waals surface area contributed by atoms with E-state index in [0.29, 0.717) is 11.1 Å². The van der Waals surface area contributed by atoms with Gasteiger partial charge in [-0.05, 0) is 36.4 Å². The van der Waals surface area contributed by atoms with Crippen LogP contribution in [0.15, 0.2) is 54.6 Å². The summed E-state index contributed by atoms with van der Waals surface area (Å²) in [7, 11) is 1.73. The molecule has 0 N–H and O–H groups in total. The Kier molecular flexibility index (Phi) is 3.40. The van der Waals surface area contributed by atoms with Crippen LogP contribution in [0.25, 0.3) is 0 Å². The first-order chi connectivity index (χ1) is 8.72. The van der Waals surface area contributed by atoms with Gasteiger partial charge in [0.1, 0.15) is 0 Å². The van der Waals surface area contributed by atoms with Gasteiger partial charge in [-0.1, -0.05) is 18.2 Å². The summed E-state index contributed by atoms with van der Waals surface area (Å²) in [5, 5.41) is 8.71. The number of carbonyl (C=O) groups excluding carboxylic acids is 1. The minimum Gasteiger partial charge on any atom is -0.311 e. The molecule has 2 aromatic carbocycles. The van der Waals surface area contributed by atoms with Crippen LogP contribution in [0.4, 0.5) is 5.69 Å². The molecule has 18 heavy (non-hydrogen) atoms. The summed E-state index contributed by atoms with van der Waals surface area (Å²) in [5.74, 6) is -0.0920. The van der Waals surface area contributed by atoms with Crippen LogP contribution < -0.4 is 4.90 Å². The van der Waals surface area contributed by atoms with Gasteiger partial charge in [0.15, 0.2) is 0 Å². The van der Waals surface area contributed by atoms with E-state index in [2.05, 4.69) is 0 Å². The second kappa shape index (κ2) is 5.15. The number of hydrogen-bond donors (Lipinski definition) is 0. The lowest BCUT2D eigenvalue weighted by Crippen LogP contribution is -2.26. The number of anilines is 1. The van der Waals surface area contributed by atoms with Gasteiger partial charge in [0.2, 0.25) is 0 Å². The highest BCUT2D eigenvalue weighted by Gasteiger charge is 2.12. The van der Waals surface area contributed by atoms with Crippen LogP contribution >= 0.6 is 0 Å². The van der Waals surface area contributed by atoms with Crippen LogP contribution in [0.1, 0.15) is 15.9 Å². The van der Waals surface area contributed by atoms with Crippen molar-refractivity contribution < 1.29 is 4.79 Å². The number of nitrogens with zero attached hydrogens (tertiary/aromatic N) is 2. The number of rotatable bonds is 2. The largest absolute Gasteiger partial charge is 0.311 e. The van der Waals surface area contributed by atoms with Crippen molar-refractivity contribution >= 4 is 11.6 Å². The van der Waals surface area contributed by atoms with E-state index in [1.54, 1.807) is 36.2 Å². The first kappa shape index (κ1) is 11.9. The highest BCUT2D eigenvalue weighted by Crippen LogP contribution is 2.15. The number of para-hydroxylation sites is 1. The van der Waals surface area contributed by atoms with Crippen molar-refractivity contribution in [1.82, 2.24) is 0 Å². The maximum atomic E-state index is 12.2. The average Bonchev–Trinajstić information content (AvgIpc) is 2.47. The monoisotopic (exact) mass is 236 g/mol. The molecule has 0 saturated carbocycles. The average molecular weight is 236 g/mol. The molecule has 0 aromatic heterocycles. The third-order valence-electron chi connectivity index (χ3n) is 2.71. The van der Waals surface area contributed by atoms with Crippen molar-refractivity contribution in [3.8, 4) is 6.07 Å². The second-order valence-electron chi connectivity index (χ2n) is 3.89. The van der Waals surface area contributed by atoms with Crippen LogP contribution in [0.5, 0.6) is 0 Å². The molecule has 0 aliphatic heterocycles. The molecular weight excluding hydrogens is 224 g/mol. The smallest absolute Gasteiger partial charge is 0.258 e. The number of hydrogen-bond acceptors (Lipinski definition) is 2. The summed E-state index contributed by atoms with van der Waals surface area (Å²) in [4.78, 5) is 13.8. The van der Waals surface area contributed by atoms with E-state index in [4.69, 9.17) is 5.26 Å². The van der Waals surface area contributed by atoms with E-state index in [0.717, 1.165) is 5.69 Å². The Hall–Kier alpha value is -2.60. The molecule has 1 amide bonds. The lowest BCUT2D eigenvalue weighted by molar-refractivity contribution is 0.0993. The van der Waals surface area contributed by atoms with Crippen LogP contribution in [0, 0.1) is 11.3 Å². The molecule has 3 nitrogen and oxygen atoms in total. The summed E-state index contributed by atoms with van der Waals surface area (Å²) in [6.07, 6.45) is 0. The molecule has 0 aliphatic carbocycles. The summed E-state index contributed by atoms with van der Waals surface area (Å²) in [6.45, 7) is 0. The third-order valence-corrected chi connectivity index (χ3v) is 2.71. The molecule has 2 rings (SSSR count). The second-order valence-corrected chi connectivity index (χ2v) is 3.89. The molecule has 2 aromatic rings. The molecule has 0 saturated heterocycles. The van der Waals surface area contributed by atoms with E-state index in [-0.39, 0.29) is 5.91 Å². The Morgan fingerprint density at radius 3 is 2.22 bits per heavy atom. The number of nitriles is 1. The van der Waals surface area contributed by atoms with Gasteiger partial charge in [-0.3, -0.25) is 4.79 Å². The van der Waals surface area contributed by atoms with Gasteiger partial charge in [-0.2, -0.15) is 5.26 Å². The minimum atomic E-state index is -0.0920. The third kappa shape index (κ3) is 2.38. The normalized spacial score (nSPS) is 9.56. The molecule has 3 heteroatoms. The zero-order valence-electron chi connectivity index (χ0n) is 10.00. The van der Waals surface area contributed by atoms with Crippen molar-refractivity contribution in [2.24, 2.45) is 0 Å². The standard InChI is InChI=1S/C15H12N2O/c1-17(14-5-3-2-4-6-14)15(18)13-9-7-12(11-16)8-10-13/h2-10H,1H3. The topological polar surface area (TPSA) is 44.1 Å². The number of carbonyl (C=O) groups is 1. The molecule has 0 radical (unpaired) electrons. The molecule has 0 aliphatic rings. The first-order valence-corrected chi connectivity index (χ1v) is 5.55. The number of benzene rings is 2. The molecule has 0 heterocycles. The van der Waals surface area contributed by atoms with E-state index in [1.807, 2.05) is 36.4 Å². The zero-order valence-corrected chi connectivity index (χ0v) is 10.00. The molecule has 0 fully saturated rings. The summed E-state index contributed by atoms with van der Waals surface area (Å²) >= 11 is 0. The molecule has 0 unspecified atom stereocenters. The van der Waals surface area contributed by atoms with Gasteiger partial charge in [0.05, 0.1) is 11.6 Å². The van der Waals surface area contributed by atoms with E-state index in [1.165, 1.54) is 0 Å². The highest BCUT2D eigenvalue weighted by molar-refractivity contribution is 6.05. The quantitative estimate of drug-likeness (QED) is 0.804. The van der Waals surface area contributed by atoms with Crippen LogP contribution in [0.2, 0.25) is 0 Å². The maximum Gasteiger partial charge on any atom is 0.258 e. The molecule has 0 atom stereocenters. The van der Waals surface area contributed by atoms with Gasteiger partial charge in [-0.25, -0.2) is 0 Å². The van der Waals surface area contributed by atoms with Crippen molar-refractivity contribution in [2.75, 3.05) is 11.9 Å². The Bertz CT molecular complexity index is 582. The molecule has 0 spiro atoms. The fraction of sp³-hybridized carbons (Fsp3) is 0.0667. The minimum absolute atomic E-state index is 0.0920. The Morgan fingerprint density at radius 1 is 1.06 bits per heavy atom. The van der Waals surface area contributed by atoms with Gasteiger partial charge in [0.25, 0.3) is 5.91 Å². The SMILES string of the molecule is CN(C(=O)c1ccc(C#N)cc1)c1ccccc1. The summed E-state index contributed by atoms with van der Waals surface area (Å²) < 4.78 is 0. The van der Waals surface area contributed by atoms with E-state index >= 15 is 0 Å².